The molecular weight excluding hydrogens is 254 g/mol. The summed E-state index contributed by atoms with van der Waals surface area (Å²) in [5, 5.41) is 9.80. The molecule has 0 saturated carbocycles. The van der Waals surface area contributed by atoms with Crippen LogP contribution in [0.15, 0.2) is 36.8 Å². The third-order valence-corrected chi connectivity index (χ3v) is 3.37. The van der Waals surface area contributed by atoms with Crippen molar-refractivity contribution in [2.24, 2.45) is 0 Å². The molecule has 5 nitrogen and oxygen atoms in total. The molecule has 5 heteroatoms. The zero-order valence-electron chi connectivity index (χ0n) is 11.9. The summed E-state index contributed by atoms with van der Waals surface area (Å²) in [6, 6.07) is 7.52. The highest BCUT2D eigenvalue weighted by atomic mass is 16.5. The molecule has 0 aliphatic rings. The van der Waals surface area contributed by atoms with Gasteiger partial charge in [-0.15, -0.1) is 0 Å². The van der Waals surface area contributed by atoms with Crippen LogP contribution >= 0.6 is 0 Å². The van der Waals surface area contributed by atoms with Crippen molar-refractivity contribution in [1.82, 2.24) is 14.9 Å². The maximum absolute atomic E-state index is 9.80. The van der Waals surface area contributed by atoms with Crippen molar-refractivity contribution in [3.05, 3.63) is 48.0 Å². The molecule has 0 aliphatic heterocycles. The Bertz CT molecular complexity index is 560. The Kier molecular flexibility index (Phi) is 4.53. The van der Waals surface area contributed by atoms with Gasteiger partial charge >= 0.3 is 0 Å². The highest BCUT2D eigenvalue weighted by Gasteiger charge is 2.13. The van der Waals surface area contributed by atoms with Crippen LogP contribution in [0, 0.1) is 0 Å². The van der Waals surface area contributed by atoms with Gasteiger partial charge in [0.15, 0.2) is 11.5 Å². The minimum Gasteiger partial charge on any atom is -0.504 e. The standard InChI is InChI=1S/C15H19N3O2/c1-11(13-6-7-16-10-17-13)18(2)9-12-4-5-15(20-3)14(19)8-12/h4-8,10-11,19H,9H2,1-3H3. The first-order chi connectivity index (χ1) is 9.61. The monoisotopic (exact) mass is 273 g/mol. The molecule has 1 heterocycles. The molecule has 2 aromatic rings. The largest absolute Gasteiger partial charge is 0.504 e. The van der Waals surface area contributed by atoms with Crippen molar-refractivity contribution in [2.75, 3.05) is 14.2 Å². The van der Waals surface area contributed by atoms with Crippen molar-refractivity contribution in [3.8, 4) is 11.5 Å². The lowest BCUT2D eigenvalue weighted by Gasteiger charge is -2.24. The Hall–Kier alpha value is -2.14. The average molecular weight is 273 g/mol. The first kappa shape index (κ1) is 14.3. The molecule has 2 rings (SSSR count). The van der Waals surface area contributed by atoms with Gasteiger partial charge < -0.3 is 9.84 Å². The molecule has 1 atom stereocenters. The number of hydrogen-bond acceptors (Lipinski definition) is 5. The maximum Gasteiger partial charge on any atom is 0.160 e. The summed E-state index contributed by atoms with van der Waals surface area (Å²) in [4.78, 5) is 10.3. The molecule has 0 radical (unpaired) electrons. The van der Waals surface area contributed by atoms with E-state index in [1.807, 2.05) is 19.2 Å². The first-order valence-corrected chi connectivity index (χ1v) is 6.44. The smallest absolute Gasteiger partial charge is 0.160 e. The lowest BCUT2D eigenvalue weighted by molar-refractivity contribution is 0.248. The Labute approximate surface area is 118 Å². The van der Waals surface area contributed by atoms with Gasteiger partial charge in [-0.2, -0.15) is 0 Å². The van der Waals surface area contributed by atoms with E-state index in [1.165, 1.54) is 7.11 Å². The van der Waals surface area contributed by atoms with Crippen molar-refractivity contribution in [3.63, 3.8) is 0 Å². The van der Waals surface area contributed by atoms with Crippen LogP contribution in [0.4, 0.5) is 0 Å². The number of rotatable bonds is 5. The van der Waals surface area contributed by atoms with E-state index >= 15 is 0 Å². The quantitative estimate of drug-likeness (QED) is 0.906. The van der Waals surface area contributed by atoms with E-state index in [1.54, 1.807) is 24.7 Å². The second-order valence-electron chi connectivity index (χ2n) is 4.73. The van der Waals surface area contributed by atoms with Crippen LogP contribution in [0.5, 0.6) is 11.5 Å². The molecule has 0 bridgehead atoms. The summed E-state index contributed by atoms with van der Waals surface area (Å²) in [5.74, 6) is 0.647. The fraction of sp³-hybridized carbons (Fsp3) is 0.333. The first-order valence-electron chi connectivity index (χ1n) is 6.44. The van der Waals surface area contributed by atoms with Gasteiger partial charge in [0.1, 0.15) is 6.33 Å². The van der Waals surface area contributed by atoms with E-state index < -0.39 is 0 Å². The lowest BCUT2D eigenvalue weighted by Crippen LogP contribution is -2.22. The third kappa shape index (κ3) is 3.24. The van der Waals surface area contributed by atoms with Crippen LogP contribution in [-0.4, -0.2) is 34.1 Å². The molecule has 0 aliphatic carbocycles. The van der Waals surface area contributed by atoms with Gasteiger partial charge in [-0.1, -0.05) is 6.07 Å². The van der Waals surface area contributed by atoms with Crippen LogP contribution in [0.25, 0.3) is 0 Å². The molecule has 1 N–H and O–H groups in total. The van der Waals surface area contributed by atoms with E-state index in [4.69, 9.17) is 4.74 Å². The van der Waals surface area contributed by atoms with Crippen LogP contribution < -0.4 is 4.74 Å². The SMILES string of the molecule is COc1ccc(CN(C)C(C)c2ccncn2)cc1O. The zero-order chi connectivity index (χ0) is 14.5. The van der Waals surface area contributed by atoms with Gasteiger partial charge in [-0.3, -0.25) is 4.90 Å². The summed E-state index contributed by atoms with van der Waals surface area (Å²) in [5.41, 5.74) is 1.99. The van der Waals surface area contributed by atoms with Crippen molar-refractivity contribution in [1.29, 1.82) is 0 Å². The summed E-state index contributed by atoms with van der Waals surface area (Å²) in [6.07, 6.45) is 3.30. The lowest BCUT2D eigenvalue weighted by atomic mass is 10.1. The molecule has 20 heavy (non-hydrogen) atoms. The highest BCUT2D eigenvalue weighted by molar-refractivity contribution is 5.41. The topological polar surface area (TPSA) is 58.5 Å². The Morgan fingerprint density at radius 3 is 2.75 bits per heavy atom. The number of ether oxygens (including phenoxy) is 1. The summed E-state index contributed by atoms with van der Waals surface area (Å²) < 4.78 is 5.04. The van der Waals surface area contributed by atoms with Gasteiger partial charge in [-0.05, 0) is 37.7 Å². The number of aromatic nitrogens is 2. The average Bonchev–Trinajstić information content (AvgIpc) is 2.47. The normalized spacial score (nSPS) is 12.4. The molecule has 1 aromatic heterocycles. The summed E-state index contributed by atoms with van der Waals surface area (Å²) in [7, 11) is 3.56. The van der Waals surface area contributed by atoms with Crippen LogP contribution in [-0.2, 0) is 6.54 Å². The second kappa shape index (κ2) is 6.34. The number of aromatic hydroxyl groups is 1. The van der Waals surface area contributed by atoms with E-state index in [0.29, 0.717) is 12.3 Å². The number of benzene rings is 1. The summed E-state index contributed by atoms with van der Waals surface area (Å²) >= 11 is 0. The van der Waals surface area contributed by atoms with Gasteiger partial charge in [-0.25, -0.2) is 9.97 Å². The predicted molar refractivity (Wildman–Crippen MR) is 76.6 cm³/mol. The fourth-order valence-corrected chi connectivity index (χ4v) is 2.03. The predicted octanol–water partition coefficient (Wildman–Crippen LogP) is 2.38. The molecule has 0 spiro atoms. The molecule has 0 saturated heterocycles. The Balaban J connectivity index is 2.08. The number of nitrogens with zero attached hydrogens (tertiary/aromatic N) is 3. The summed E-state index contributed by atoms with van der Waals surface area (Å²) in [6.45, 7) is 2.80. The molecular formula is C15H19N3O2. The fourth-order valence-electron chi connectivity index (χ4n) is 2.03. The molecule has 1 aromatic carbocycles. The Morgan fingerprint density at radius 1 is 1.35 bits per heavy atom. The molecule has 1 unspecified atom stereocenters. The van der Waals surface area contributed by atoms with Crippen molar-refractivity contribution < 1.29 is 9.84 Å². The van der Waals surface area contributed by atoms with Gasteiger partial charge in [0.25, 0.3) is 0 Å². The van der Waals surface area contributed by atoms with Crippen molar-refractivity contribution in [2.45, 2.75) is 19.5 Å². The van der Waals surface area contributed by atoms with E-state index in [2.05, 4.69) is 21.8 Å². The zero-order valence-corrected chi connectivity index (χ0v) is 11.9. The van der Waals surface area contributed by atoms with Gasteiger partial charge in [0, 0.05) is 18.8 Å². The number of phenolic OH excluding ortho intramolecular Hbond substituents is 1. The maximum atomic E-state index is 9.80. The van der Waals surface area contributed by atoms with Crippen molar-refractivity contribution >= 4 is 0 Å². The highest BCUT2D eigenvalue weighted by Crippen LogP contribution is 2.27. The van der Waals surface area contributed by atoms with E-state index in [9.17, 15) is 5.11 Å². The van der Waals surface area contributed by atoms with E-state index in [-0.39, 0.29) is 11.8 Å². The van der Waals surface area contributed by atoms with Crippen LogP contribution in [0.2, 0.25) is 0 Å². The molecule has 106 valence electrons. The van der Waals surface area contributed by atoms with E-state index in [0.717, 1.165) is 11.3 Å². The molecule has 0 fully saturated rings. The van der Waals surface area contributed by atoms with Crippen LogP contribution in [0.1, 0.15) is 24.2 Å². The number of phenols is 1. The van der Waals surface area contributed by atoms with Gasteiger partial charge in [0.05, 0.1) is 12.8 Å². The number of hydrogen-bond donors (Lipinski definition) is 1. The van der Waals surface area contributed by atoms with Crippen LogP contribution in [0.3, 0.4) is 0 Å². The second-order valence-corrected chi connectivity index (χ2v) is 4.73. The number of methoxy groups -OCH3 is 1. The molecule has 0 amide bonds. The Morgan fingerprint density at radius 2 is 2.15 bits per heavy atom. The minimum atomic E-state index is 0.160. The van der Waals surface area contributed by atoms with Gasteiger partial charge in [0.2, 0.25) is 0 Å². The minimum absolute atomic E-state index is 0.160. The third-order valence-electron chi connectivity index (χ3n) is 3.37.